The molecule has 2 heterocycles. The Kier molecular flexibility index (Phi) is 4.30. The third kappa shape index (κ3) is 2.09. The quantitative estimate of drug-likeness (QED) is 0.704. The Morgan fingerprint density at radius 3 is 2.70 bits per heavy atom. The number of halogens is 2. The summed E-state index contributed by atoms with van der Waals surface area (Å²) >= 11 is 3.63. The van der Waals surface area contributed by atoms with Crippen LogP contribution in [0, 0.1) is 0 Å². The molecule has 1 aromatic heterocycles. The van der Waals surface area contributed by atoms with Crippen molar-refractivity contribution in [2.75, 3.05) is 27.7 Å². The van der Waals surface area contributed by atoms with Crippen LogP contribution in [0.2, 0.25) is 0 Å². The van der Waals surface area contributed by atoms with Crippen molar-refractivity contribution in [2.45, 2.75) is 6.54 Å². The first-order valence-corrected chi connectivity index (χ1v) is 7.00. The van der Waals surface area contributed by atoms with Crippen molar-refractivity contribution in [1.82, 2.24) is 9.47 Å². The van der Waals surface area contributed by atoms with Crippen LogP contribution >= 0.6 is 15.9 Å². The van der Waals surface area contributed by atoms with Crippen LogP contribution in [0.25, 0.3) is 10.9 Å². The van der Waals surface area contributed by atoms with Crippen LogP contribution in [-0.2, 0) is 6.54 Å². The van der Waals surface area contributed by atoms with Gasteiger partial charge >= 0.3 is 0 Å². The number of methoxy groups -OCH3 is 1. The first kappa shape index (κ1) is 15.2. The van der Waals surface area contributed by atoms with Gasteiger partial charge in [-0.25, -0.2) is 0 Å². The lowest BCUT2D eigenvalue weighted by Gasteiger charge is -2.28. The van der Waals surface area contributed by atoms with Gasteiger partial charge in [-0.05, 0) is 34.1 Å². The van der Waals surface area contributed by atoms with Gasteiger partial charge in [0.15, 0.2) is 0 Å². The van der Waals surface area contributed by atoms with Crippen LogP contribution in [0.15, 0.2) is 27.7 Å². The van der Waals surface area contributed by atoms with Crippen LogP contribution in [0.5, 0.6) is 5.75 Å². The number of ether oxygens (including phenoxy) is 1. The zero-order valence-corrected chi connectivity index (χ0v) is 14.0. The van der Waals surface area contributed by atoms with Crippen LogP contribution in [0.1, 0.15) is 5.69 Å². The van der Waals surface area contributed by atoms with E-state index < -0.39 is 0 Å². The van der Waals surface area contributed by atoms with E-state index in [9.17, 15) is 0 Å². The highest BCUT2D eigenvalue weighted by molar-refractivity contribution is 9.10. The highest BCUT2D eigenvalue weighted by Gasteiger charge is 2.23. The van der Waals surface area contributed by atoms with Crippen molar-refractivity contribution in [2.24, 2.45) is 4.99 Å². The second-order valence-electron chi connectivity index (χ2n) is 4.66. The van der Waals surface area contributed by atoms with Crippen LogP contribution < -0.4 is 17.1 Å². The summed E-state index contributed by atoms with van der Waals surface area (Å²) in [6, 6.07) is 6.29. The second-order valence-corrected chi connectivity index (χ2v) is 5.46. The minimum atomic E-state index is 0. The summed E-state index contributed by atoms with van der Waals surface area (Å²) in [6.45, 7) is 1.96. The summed E-state index contributed by atoms with van der Waals surface area (Å²) in [7, 11) is 5.61. The zero-order valence-electron chi connectivity index (χ0n) is 11.7. The lowest BCUT2D eigenvalue weighted by molar-refractivity contribution is -0.00000409. The van der Waals surface area contributed by atoms with Gasteiger partial charge in [-0.3, -0.25) is 4.99 Å². The maximum atomic E-state index is 5.36. The largest absolute Gasteiger partial charge is 1.00 e. The smallest absolute Gasteiger partial charge is 0.147 e. The minimum absolute atomic E-state index is 0. The highest BCUT2D eigenvalue weighted by atomic mass is 79.9. The number of hydrogen-bond acceptors (Lipinski definition) is 2. The maximum Gasteiger partial charge on any atom is 0.147 e. The summed E-state index contributed by atoms with van der Waals surface area (Å²) in [5.74, 6) is 1.90. The average molecular weight is 358 g/mol. The molecule has 20 heavy (non-hydrogen) atoms. The number of hydrogen-bond donors (Lipinski definition) is 0. The van der Waals surface area contributed by atoms with E-state index in [2.05, 4.69) is 49.6 Å². The van der Waals surface area contributed by atoms with Crippen molar-refractivity contribution in [1.29, 1.82) is 0 Å². The molecule has 1 aliphatic rings. The number of nitrogens with zero attached hydrogens (tertiary/aromatic N) is 3. The average Bonchev–Trinajstić information content (AvgIpc) is 2.79. The highest BCUT2D eigenvalue weighted by Crippen LogP contribution is 2.36. The molecule has 0 aliphatic carbocycles. The van der Waals surface area contributed by atoms with E-state index in [0.29, 0.717) is 0 Å². The standard InChI is InChI=1S/C14H16BrN3O.ClH/c1-16-14-11-8-9-10(18(11)7-6-17(14)2)4-5-12(19-3)13(9)15;/h4-5,8H,6-7H2,1-3H3;1H/p-1. The molecule has 0 spiro atoms. The Labute approximate surface area is 133 Å². The zero-order chi connectivity index (χ0) is 13.6. The van der Waals surface area contributed by atoms with E-state index in [-0.39, 0.29) is 12.4 Å². The molecule has 1 aromatic carbocycles. The van der Waals surface area contributed by atoms with Crippen molar-refractivity contribution in [3.8, 4) is 5.75 Å². The Bertz CT molecular complexity index is 681. The summed E-state index contributed by atoms with van der Waals surface area (Å²) in [6.07, 6.45) is 0. The van der Waals surface area contributed by atoms with E-state index in [1.807, 2.05) is 13.1 Å². The predicted molar refractivity (Wildman–Crippen MR) is 81.3 cm³/mol. The van der Waals surface area contributed by atoms with Crippen LogP contribution in [0.3, 0.4) is 0 Å². The molecule has 108 valence electrons. The van der Waals surface area contributed by atoms with Crippen LogP contribution in [-0.4, -0.2) is 43.1 Å². The Morgan fingerprint density at radius 1 is 1.30 bits per heavy atom. The van der Waals surface area contributed by atoms with Crippen molar-refractivity contribution >= 4 is 32.7 Å². The molecule has 1 aliphatic heterocycles. The van der Waals surface area contributed by atoms with Gasteiger partial charge in [0.1, 0.15) is 11.6 Å². The Balaban J connectivity index is 0.00000147. The lowest BCUT2D eigenvalue weighted by atomic mass is 10.2. The molecule has 0 saturated carbocycles. The molecule has 0 saturated heterocycles. The monoisotopic (exact) mass is 356 g/mol. The lowest BCUT2D eigenvalue weighted by Crippen LogP contribution is -3.00. The molecule has 4 nitrogen and oxygen atoms in total. The Morgan fingerprint density at radius 2 is 2.05 bits per heavy atom. The number of rotatable bonds is 1. The number of likely N-dealkylation sites (N-methyl/N-ethyl adjacent to an activating group) is 1. The molecule has 0 fully saturated rings. The van der Waals surface area contributed by atoms with Gasteiger partial charge in [0.05, 0.1) is 22.8 Å². The van der Waals surface area contributed by atoms with Gasteiger partial charge < -0.3 is 26.6 Å². The summed E-state index contributed by atoms with van der Waals surface area (Å²) in [5, 5.41) is 1.17. The first-order chi connectivity index (χ1) is 9.17. The second kappa shape index (κ2) is 5.66. The molecule has 0 N–H and O–H groups in total. The maximum absolute atomic E-state index is 5.36. The summed E-state index contributed by atoms with van der Waals surface area (Å²) in [5.41, 5.74) is 2.39. The molecule has 3 rings (SSSR count). The number of aromatic nitrogens is 1. The van der Waals surface area contributed by atoms with E-state index in [4.69, 9.17) is 4.74 Å². The first-order valence-electron chi connectivity index (χ1n) is 6.21. The summed E-state index contributed by atoms with van der Waals surface area (Å²) < 4.78 is 8.69. The molecular weight excluding hydrogens is 342 g/mol. The fourth-order valence-electron chi connectivity index (χ4n) is 2.70. The van der Waals surface area contributed by atoms with Gasteiger partial charge in [0.2, 0.25) is 0 Å². The Hall–Kier alpha value is -1.20. The van der Waals surface area contributed by atoms with E-state index in [0.717, 1.165) is 29.1 Å². The SMILES string of the molecule is CN=C1c2cc3c(Br)c(OC)ccc3n2CCN1C.[Cl-]. The normalized spacial score (nSPS) is 16.2. The minimum Gasteiger partial charge on any atom is -1.00 e. The van der Waals surface area contributed by atoms with E-state index in [1.165, 1.54) is 16.6 Å². The van der Waals surface area contributed by atoms with Gasteiger partial charge in [-0.2, -0.15) is 0 Å². The molecule has 0 atom stereocenters. The van der Waals surface area contributed by atoms with Gasteiger partial charge in [-0.1, -0.05) is 0 Å². The molecule has 0 unspecified atom stereocenters. The fraction of sp³-hybridized carbons (Fsp3) is 0.357. The van der Waals surface area contributed by atoms with E-state index in [1.54, 1.807) is 7.11 Å². The van der Waals surface area contributed by atoms with Gasteiger partial charge in [-0.15, -0.1) is 0 Å². The molecule has 6 heteroatoms. The molecule has 0 radical (unpaired) electrons. The van der Waals surface area contributed by atoms with Crippen molar-refractivity contribution in [3.63, 3.8) is 0 Å². The van der Waals surface area contributed by atoms with Crippen molar-refractivity contribution < 1.29 is 17.1 Å². The molecule has 0 bridgehead atoms. The van der Waals surface area contributed by atoms with Gasteiger partial charge in [0.25, 0.3) is 0 Å². The number of amidine groups is 1. The third-order valence-corrected chi connectivity index (χ3v) is 4.48. The van der Waals surface area contributed by atoms with Crippen LogP contribution in [0.4, 0.5) is 0 Å². The number of aliphatic imine (C=N–C) groups is 1. The number of benzene rings is 1. The fourth-order valence-corrected chi connectivity index (χ4v) is 3.31. The third-order valence-electron chi connectivity index (χ3n) is 3.67. The number of fused-ring (bicyclic) bond motifs is 3. The molecule has 2 aromatic rings. The molecule has 0 amide bonds. The summed E-state index contributed by atoms with van der Waals surface area (Å²) in [4.78, 5) is 6.61. The molecular formula is C14H16BrClN3O-. The topological polar surface area (TPSA) is 29.8 Å². The van der Waals surface area contributed by atoms with Crippen molar-refractivity contribution in [3.05, 3.63) is 28.4 Å². The van der Waals surface area contributed by atoms with E-state index >= 15 is 0 Å². The predicted octanol–water partition coefficient (Wildman–Crippen LogP) is -0.262. The van der Waals surface area contributed by atoms with Gasteiger partial charge in [0, 0.05) is 32.6 Å².